The number of nitrogens with zero attached hydrogens (tertiary/aromatic N) is 3. The Balaban J connectivity index is 1.31. The number of nitrogen functional groups attached to an aromatic ring is 1. The lowest BCUT2D eigenvalue weighted by Crippen LogP contribution is -2.32. The summed E-state index contributed by atoms with van der Waals surface area (Å²) in [6, 6.07) is 8.64. The molecule has 162 valence electrons. The SMILES string of the molecule is NC[C@H]1C[C@H](n2cc(-c3cccc(OCC45CCC(CC4)O5)c3)c3c(N)ncnc32)C1. The lowest BCUT2D eigenvalue weighted by atomic mass is 9.80. The average molecular weight is 420 g/mol. The highest BCUT2D eigenvalue weighted by molar-refractivity contribution is 6.00. The third-order valence-electron chi connectivity index (χ3n) is 7.48. The minimum Gasteiger partial charge on any atom is -0.491 e. The first-order chi connectivity index (χ1) is 15.1. The van der Waals surface area contributed by atoms with E-state index in [1.165, 1.54) is 0 Å². The Morgan fingerprint density at radius 2 is 2.03 bits per heavy atom. The first-order valence-electron chi connectivity index (χ1n) is 11.4. The fourth-order valence-electron chi connectivity index (χ4n) is 5.58. The summed E-state index contributed by atoms with van der Waals surface area (Å²) in [5, 5.41) is 0.909. The van der Waals surface area contributed by atoms with Crippen LogP contribution in [0.25, 0.3) is 22.2 Å². The van der Waals surface area contributed by atoms with Crippen LogP contribution in [0.1, 0.15) is 44.6 Å². The standard InChI is InChI=1S/C24H29N5O2/c25-11-15-8-17(9-15)29-12-20(21-22(26)27-14-28-23(21)29)16-2-1-3-19(10-16)30-13-24-6-4-18(31-24)5-7-24/h1-3,10,12,14-15,17-18H,4-9,11,13,25H2,(H2,26,27,28)/t15-,17-,18?,24?. The molecule has 4 N–H and O–H groups in total. The van der Waals surface area contributed by atoms with Crippen LogP contribution >= 0.6 is 0 Å². The van der Waals surface area contributed by atoms with E-state index in [2.05, 4.69) is 32.9 Å². The molecule has 7 heteroatoms. The van der Waals surface area contributed by atoms with Gasteiger partial charge in [0.1, 0.15) is 35.7 Å². The maximum atomic E-state index is 6.31. The minimum absolute atomic E-state index is 0.0846. The van der Waals surface area contributed by atoms with Gasteiger partial charge >= 0.3 is 0 Å². The number of hydrogen-bond acceptors (Lipinski definition) is 6. The Labute approximate surface area is 181 Å². The predicted octanol–water partition coefficient (Wildman–Crippen LogP) is 3.68. The van der Waals surface area contributed by atoms with Gasteiger partial charge < -0.3 is 25.5 Å². The quantitative estimate of drug-likeness (QED) is 0.632. The maximum absolute atomic E-state index is 6.31. The van der Waals surface area contributed by atoms with Gasteiger partial charge in [-0.05, 0) is 68.7 Å². The van der Waals surface area contributed by atoms with Crippen LogP contribution in [-0.4, -0.2) is 39.4 Å². The van der Waals surface area contributed by atoms with Gasteiger partial charge in [0, 0.05) is 17.8 Å². The molecule has 0 unspecified atom stereocenters. The fraction of sp³-hybridized carbons (Fsp3) is 0.500. The van der Waals surface area contributed by atoms with E-state index in [0.29, 0.717) is 30.5 Å². The van der Waals surface area contributed by atoms with E-state index in [0.717, 1.165) is 73.0 Å². The van der Waals surface area contributed by atoms with E-state index >= 15 is 0 Å². The van der Waals surface area contributed by atoms with E-state index in [9.17, 15) is 0 Å². The molecule has 3 aliphatic rings. The zero-order chi connectivity index (χ0) is 21.0. The number of benzene rings is 1. The van der Waals surface area contributed by atoms with Crippen LogP contribution in [0.3, 0.4) is 0 Å². The van der Waals surface area contributed by atoms with Gasteiger partial charge in [0.05, 0.1) is 11.5 Å². The first-order valence-corrected chi connectivity index (χ1v) is 11.4. The highest BCUT2D eigenvalue weighted by Crippen LogP contribution is 2.45. The van der Waals surface area contributed by atoms with Crippen molar-refractivity contribution in [3.05, 3.63) is 36.8 Å². The van der Waals surface area contributed by atoms with Crippen molar-refractivity contribution in [1.29, 1.82) is 0 Å². The smallest absolute Gasteiger partial charge is 0.146 e. The Morgan fingerprint density at radius 1 is 1.19 bits per heavy atom. The van der Waals surface area contributed by atoms with Crippen LogP contribution in [0.15, 0.2) is 36.8 Å². The summed E-state index contributed by atoms with van der Waals surface area (Å²) in [5.41, 5.74) is 15.1. The highest BCUT2D eigenvalue weighted by Gasteiger charge is 2.46. The molecular weight excluding hydrogens is 390 g/mol. The summed E-state index contributed by atoms with van der Waals surface area (Å²) in [6.07, 6.45) is 10.8. The Hall–Kier alpha value is -2.64. The van der Waals surface area contributed by atoms with Gasteiger partial charge in [-0.2, -0.15) is 0 Å². The van der Waals surface area contributed by atoms with E-state index in [-0.39, 0.29) is 5.60 Å². The van der Waals surface area contributed by atoms with Gasteiger partial charge in [-0.25, -0.2) is 9.97 Å². The maximum Gasteiger partial charge on any atom is 0.146 e. The van der Waals surface area contributed by atoms with Gasteiger partial charge in [0.2, 0.25) is 0 Å². The topological polar surface area (TPSA) is 101 Å². The van der Waals surface area contributed by atoms with Gasteiger partial charge in [0.25, 0.3) is 0 Å². The van der Waals surface area contributed by atoms with Gasteiger partial charge in [-0.3, -0.25) is 0 Å². The molecule has 1 aliphatic carbocycles. The predicted molar refractivity (Wildman–Crippen MR) is 120 cm³/mol. The largest absolute Gasteiger partial charge is 0.491 e. The van der Waals surface area contributed by atoms with Crippen LogP contribution < -0.4 is 16.2 Å². The highest BCUT2D eigenvalue weighted by atomic mass is 16.6. The molecule has 2 aromatic heterocycles. The van der Waals surface area contributed by atoms with Crippen molar-refractivity contribution in [1.82, 2.24) is 14.5 Å². The molecule has 0 spiro atoms. The minimum atomic E-state index is -0.0846. The summed E-state index contributed by atoms with van der Waals surface area (Å²) in [7, 11) is 0. The summed E-state index contributed by atoms with van der Waals surface area (Å²) in [6.45, 7) is 1.35. The van der Waals surface area contributed by atoms with Crippen LogP contribution in [0, 0.1) is 5.92 Å². The van der Waals surface area contributed by atoms with Gasteiger partial charge in [-0.1, -0.05) is 12.1 Å². The zero-order valence-electron chi connectivity index (χ0n) is 17.7. The Kier molecular flexibility index (Phi) is 4.43. The second-order valence-corrected chi connectivity index (χ2v) is 9.45. The molecular formula is C24H29N5O2. The summed E-state index contributed by atoms with van der Waals surface area (Å²) in [4.78, 5) is 8.83. The van der Waals surface area contributed by atoms with Crippen molar-refractivity contribution in [3.8, 4) is 16.9 Å². The monoisotopic (exact) mass is 419 g/mol. The number of ether oxygens (including phenoxy) is 2. The van der Waals surface area contributed by atoms with Crippen molar-refractivity contribution < 1.29 is 9.47 Å². The molecule has 6 rings (SSSR count). The van der Waals surface area contributed by atoms with Gasteiger partial charge in [0.15, 0.2) is 0 Å². The lowest BCUT2D eigenvalue weighted by molar-refractivity contribution is -0.0198. The van der Waals surface area contributed by atoms with Crippen molar-refractivity contribution in [3.63, 3.8) is 0 Å². The number of rotatable bonds is 6. The summed E-state index contributed by atoms with van der Waals surface area (Å²) >= 11 is 0. The molecule has 3 fully saturated rings. The molecule has 1 aromatic carbocycles. The van der Waals surface area contributed by atoms with Crippen LogP contribution in [0.2, 0.25) is 0 Å². The second-order valence-electron chi connectivity index (χ2n) is 9.45. The normalized spacial score (nSPS) is 29.4. The first kappa shape index (κ1) is 19.1. The molecule has 1 saturated carbocycles. The Bertz CT molecular complexity index is 1110. The molecule has 3 aromatic rings. The van der Waals surface area contributed by atoms with E-state index < -0.39 is 0 Å². The van der Waals surface area contributed by atoms with Crippen LogP contribution in [-0.2, 0) is 4.74 Å². The van der Waals surface area contributed by atoms with E-state index in [4.69, 9.17) is 20.9 Å². The van der Waals surface area contributed by atoms with Crippen molar-refractivity contribution in [2.45, 2.75) is 56.3 Å². The number of hydrogen-bond donors (Lipinski definition) is 2. The molecule has 4 heterocycles. The molecule has 2 saturated heterocycles. The Morgan fingerprint density at radius 3 is 2.77 bits per heavy atom. The summed E-state index contributed by atoms with van der Waals surface area (Å²) in [5.74, 6) is 1.96. The third-order valence-corrected chi connectivity index (χ3v) is 7.48. The second kappa shape index (κ2) is 7.21. The fourth-order valence-corrected chi connectivity index (χ4v) is 5.58. The van der Waals surface area contributed by atoms with Crippen LogP contribution in [0.4, 0.5) is 5.82 Å². The van der Waals surface area contributed by atoms with Crippen molar-refractivity contribution in [2.24, 2.45) is 11.7 Å². The third kappa shape index (κ3) is 3.18. The molecule has 0 radical (unpaired) electrons. The zero-order valence-corrected chi connectivity index (χ0v) is 17.7. The van der Waals surface area contributed by atoms with Crippen LogP contribution in [0.5, 0.6) is 5.75 Å². The van der Waals surface area contributed by atoms with E-state index in [1.807, 2.05) is 12.1 Å². The molecule has 2 bridgehead atoms. The number of nitrogens with two attached hydrogens (primary N) is 2. The number of fused-ring (bicyclic) bond motifs is 3. The average Bonchev–Trinajstić information content (AvgIpc) is 3.46. The van der Waals surface area contributed by atoms with Gasteiger partial charge in [-0.15, -0.1) is 0 Å². The number of aromatic nitrogens is 3. The van der Waals surface area contributed by atoms with Crippen molar-refractivity contribution in [2.75, 3.05) is 18.9 Å². The molecule has 7 nitrogen and oxygen atoms in total. The molecule has 0 amide bonds. The summed E-state index contributed by atoms with van der Waals surface area (Å²) < 4.78 is 14.6. The van der Waals surface area contributed by atoms with E-state index in [1.54, 1.807) is 6.33 Å². The molecule has 2 aliphatic heterocycles. The number of anilines is 1. The molecule has 0 atom stereocenters. The molecule has 31 heavy (non-hydrogen) atoms. The van der Waals surface area contributed by atoms with Crippen molar-refractivity contribution >= 4 is 16.9 Å². The lowest BCUT2D eigenvalue weighted by Gasteiger charge is -2.35.